The van der Waals surface area contributed by atoms with E-state index in [1.807, 2.05) is 6.08 Å². The Morgan fingerprint density at radius 1 is 1.22 bits per heavy atom. The van der Waals surface area contributed by atoms with Gasteiger partial charge in [0, 0.05) is 25.8 Å². The Bertz CT molecular complexity index is 806. The van der Waals surface area contributed by atoms with Crippen molar-refractivity contribution in [3.63, 3.8) is 0 Å². The minimum atomic E-state index is 0.466. The predicted molar refractivity (Wildman–Crippen MR) is 115 cm³/mol. The maximum atomic E-state index is 5.09. The Morgan fingerprint density at radius 3 is 2.70 bits per heavy atom. The fourth-order valence-corrected chi connectivity index (χ4v) is 3.56. The van der Waals surface area contributed by atoms with E-state index in [1.54, 1.807) is 7.11 Å². The topological polar surface area (TPSA) is 24.5 Å². The fourth-order valence-electron chi connectivity index (χ4n) is 3.56. The summed E-state index contributed by atoms with van der Waals surface area (Å²) in [6.07, 6.45) is 7.34. The lowest BCUT2D eigenvalue weighted by atomic mass is 10.0. The highest BCUT2D eigenvalue weighted by molar-refractivity contribution is 5.55. The van der Waals surface area contributed by atoms with Gasteiger partial charge in [0.1, 0.15) is 5.76 Å². The second-order valence-corrected chi connectivity index (χ2v) is 7.32. The van der Waals surface area contributed by atoms with Crippen LogP contribution in [-0.2, 0) is 17.6 Å². The number of anilines is 1. The van der Waals surface area contributed by atoms with Gasteiger partial charge in [-0.25, -0.2) is 0 Å². The summed E-state index contributed by atoms with van der Waals surface area (Å²) in [5, 5.41) is 3.74. The van der Waals surface area contributed by atoms with Crippen LogP contribution in [0.5, 0.6) is 0 Å². The minimum absolute atomic E-state index is 0.466. The third kappa shape index (κ3) is 5.01. The standard InChI is InChI=1S/C24H30N2O/c1-18(27-4)5-6-20-9-13-23-21(17-20)10-14-24(23)25-16-15-19-7-11-22(12-8-19)26(2)3/h5-9,11-13,17,24-25H,1,10,14-16H2,2-4H3/b6-5+. The Kier molecular flexibility index (Phi) is 6.36. The largest absolute Gasteiger partial charge is 0.497 e. The van der Waals surface area contributed by atoms with Gasteiger partial charge in [0.15, 0.2) is 0 Å². The van der Waals surface area contributed by atoms with Gasteiger partial charge in [-0.05, 0) is 66.3 Å². The Hall–Kier alpha value is -2.52. The van der Waals surface area contributed by atoms with E-state index in [2.05, 4.69) is 79.4 Å². The molecule has 2 aromatic rings. The van der Waals surface area contributed by atoms with E-state index in [0.29, 0.717) is 11.8 Å². The van der Waals surface area contributed by atoms with Gasteiger partial charge in [-0.1, -0.05) is 43.0 Å². The fraction of sp³-hybridized carbons (Fsp3) is 0.333. The Labute approximate surface area is 163 Å². The molecule has 0 aliphatic heterocycles. The predicted octanol–water partition coefficient (Wildman–Crippen LogP) is 4.75. The first kappa shape index (κ1) is 19.2. The molecule has 0 aromatic heterocycles. The van der Waals surface area contributed by atoms with E-state index in [-0.39, 0.29) is 0 Å². The molecule has 3 nitrogen and oxygen atoms in total. The van der Waals surface area contributed by atoms with Crippen molar-refractivity contribution < 1.29 is 4.74 Å². The number of ether oxygens (including phenoxy) is 1. The molecule has 0 saturated carbocycles. The molecule has 142 valence electrons. The van der Waals surface area contributed by atoms with E-state index in [9.17, 15) is 0 Å². The van der Waals surface area contributed by atoms with Gasteiger partial charge in [0.25, 0.3) is 0 Å². The van der Waals surface area contributed by atoms with E-state index < -0.39 is 0 Å². The van der Waals surface area contributed by atoms with Crippen molar-refractivity contribution >= 4 is 11.8 Å². The zero-order valence-electron chi connectivity index (χ0n) is 16.7. The van der Waals surface area contributed by atoms with Gasteiger partial charge in [0.05, 0.1) is 7.11 Å². The van der Waals surface area contributed by atoms with Crippen LogP contribution in [0.1, 0.15) is 34.7 Å². The first-order valence-corrected chi connectivity index (χ1v) is 9.60. The molecule has 1 aliphatic carbocycles. The summed E-state index contributed by atoms with van der Waals surface area (Å²) < 4.78 is 5.09. The zero-order chi connectivity index (χ0) is 19.2. The molecule has 1 unspecified atom stereocenters. The van der Waals surface area contributed by atoms with Crippen molar-refractivity contribution in [1.29, 1.82) is 0 Å². The van der Waals surface area contributed by atoms with Crippen LogP contribution in [0.15, 0.2) is 60.9 Å². The number of fused-ring (bicyclic) bond motifs is 1. The number of hydrogen-bond donors (Lipinski definition) is 1. The number of benzene rings is 2. The first-order chi connectivity index (χ1) is 13.1. The molecule has 0 saturated heterocycles. The summed E-state index contributed by atoms with van der Waals surface area (Å²) in [6.45, 7) is 4.82. The molecule has 1 aliphatic rings. The van der Waals surface area contributed by atoms with Crippen LogP contribution < -0.4 is 10.2 Å². The monoisotopic (exact) mass is 362 g/mol. The lowest BCUT2D eigenvalue weighted by Gasteiger charge is -2.15. The molecule has 0 spiro atoms. The Balaban J connectivity index is 1.55. The van der Waals surface area contributed by atoms with Crippen LogP contribution in [0.2, 0.25) is 0 Å². The Morgan fingerprint density at radius 2 is 2.00 bits per heavy atom. The van der Waals surface area contributed by atoms with E-state index in [1.165, 1.54) is 34.4 Å². The van der Waals surface area contributed by atoms with Crippen molar-refractivity contribution in [2.24, 2.45) is 0 Å². The summed E-state index contributed by atoms with van der Waals surface area (Å²) >= 11 is 0. The zero-order valence-corrected chi connectivity index (χ0v) is 16.7. The van der Waals surface area contributed by atoms with Crippen molar-refractivity contribution in [1.82, 2.24) is 5.32 Å². The number of allylic oxidation sites excluding steroid dienone is 1. The van der Waals surface area contributed by atoms with Gasteiger partial charge in [-0.2, -0.15) is 0 Å². The van der Waals surface area contributed by atoms with Gasteiger partial charge < -0.3 is 15.0 Å². The number of hydrogen-bond acceptors (Lipinski definition) is 3. The molecule has 0 amide bonds. The van der Waals surface area contributed by atoms with Crippen molar-refractivity contribution in [3.8, 4) is 0 Å². The number of nitrogens with one attached hydrogen (secondary N) is 1. The maximum Gasteiger partial charge on any atom is 0.111 e. The average molecular weight is 363 g/mol. The molecular formula is C24H30N2O. The SMILES string of the molecule is C=C(/C=C/c1ccc2c(c1)CCC2NCCc1ccc(N(C)C)cc1)OC. The summed E-state index contributed by atoms with van der Waals surface area (Å²) in [6, 6.07) is 16.0. The van der Waals surface area contributed by atoms with Crippen molar-refractivity contribution in [2.45, 2.75) is 25.3 Å². The molecule has 1 N–H and O–H groups in total. The smallest absolute Gasteiger partial charge is 0.111 e. The summed E-state index contributed by atoms with van der Waals surface area (Å²) in [5.74, 6) is 0.675. The molecule has 0 bridgehead atoms. The first-order valence-electron chi connectivity index (χ1n) is 9.60. The van der Waals surface area contributed by atoms with Crippen molar-refractivity contribution in [2.75, 3.05) is 32.6 Å². The summed E-state index contributed by atoms with van der Waals surface area (Å²) in [4.78, 5) is 2.13. The van der Waals surface area contributed by atoms with Crippen LogP contribution in [0.25, 0.3) is 6.08 Å². The van der Waals surface area contributed by atoms with Crippen LogP contribution in [0.4, 0.5) is 5.69 Å². The highest BCUT2D eigenvalue weighted by Gasteiger charge is 2.21. The van der Waals surface area contributed by atoms with Crippen LogP contribution in [0.3, 0.4) is 0 Å². The molecule has 0 fully saturated rings. The quantitative estimate of drug-likeness (QED) is 0.542. The van der Waals surface area contributed by atoms with Gasteiger partial charge in [-0.15, -0.1) is 0 Å². The molecule has 3 heteroatoms. The number of aryl methyl sites for hydroxylation is 1. The molecule has 2 aromatic carbocycles. The number of nitrogens with zero attached hydrogens (tertiary/aromatic N) is 1. The minimum Gasteiger partial charge on any atom is -0.497 e. The van der Waals surface area contributed by atoms with Crippen molar-refractivity contribution in [3.05, 3.63) is 83.1 Å². The van der Waals surface area contributed by atoms with E-state index in [4.69, 9.17) is 4.74 Å². The molecule has 0 radical (unpaired) electrons. The third-order valence-electron chi connectivity index (χ3n) is 5.23. The highest BCUT2D eigenvalue weighted by atomic mass is 16.5. The molecule has 27 heavy (non-hydrogen) atoms. The second-order valence-electron chi connectivity index (χ2n) is 7.32. The van der Waals surface area contributed by atoms with Gasteiger partial charge in [0.2, 0.25) is 0 Å². The van der Waals surface area contributed by atoms with E-state index in [0.717, 1.165) is 19.4 Å². The molecule has 1 atom stereocenters. The second kappa shape index (κ2) is 8.92. The lowest BCUT2D eigenvalue weighted by molar-refractivity contribution is 0.309. The van der Waals surface area contributed by atoms with E-state index >= 15 is 0 Å². The third-order valence-corrected chi connectivity index (χ3v) is 5.23. The molecule has 0 heterocycles. The summed E-state index contributed by atoms with van der Waals surface area (Å²) in [5.41, 5.74) is 6.72. The highest BCUT2D eigenvalue weighted by Crippen LogP contribution is 2.32. The maximum absolute atomic E-state index is 5.09. The van der Waals surface area contributed by atoms with Crippen LogP contribution >= 0.6 is 0 Å². The molecule has 3 rings (SSSR count). The number of methoxy groups -OCH3 is 1. The molecular weight excluding hydrogens is 332 g/mol. The average Bonchev–Trinajstić information content (AvgIpc) is 3.08. The van der Waals surface area contributed by atoms with Gasteiger partial charge in [-0.3, -0.25) is 0 Å². The van der Waals surface area contributed by atoms with Crippen LogP contribution in [-0.4, -0.2) is 27.7 Å². The van der Waals surface area contributed by atoms with Gasteiger partial charge >= 0.3 is 0 Å². The summed E-state index contributed by atoms with van der Waals surface area (Å²) in [7, 11) is 5.79. The van der Waals surface area contributed by atoms with Crippen LogP contribution in [0, 0.1) is 0 Å². The normalized spacial score (nSPS) is 15.7. The number of rotatable bonds is 8. The lowest BCUT2D eigenvalue weighted by Crippen LogP contribution is -2.21.